The van der Waals surface area contributed by atoms with Gasteiger partial charge in [-0.25, -0.2) is 0 Å². The van der Waals surface area contributed by atoms with Crippen LogP contribution in [0.4, 0.5) is 0 Å². The predicted molar refractivity (Wildman–Crippen MR) is 98.6 cm³/mol. The summed E-state index contributed by atoms with van der Waals surface area (Å²) in [5.41, 5.74) is 1.13. The molecule has 1 aromatic rings. The number of ether oxygens (including phenoxy) is 1. The summed E-state index contributed by atoms with van der Waals surface area (Å²) in [6.07, 6.45) is 3.61. The molecule has 1 N–H and O–H groups in total. The molecule has 1 fully saturated rings. The molecule has 0 radical (unpaired) electrons. The first kappa shape index (κ1) is 20.1. The Morgan fingerprint density at radius 3 is 2.73 bits per heavy atom. The maximum absolute atomic E-state index is 12.7. The lowest BCUT2D eigenvalue weighted by Crippen LogP contribution is -2.52. The molecule has 0 saturated carbocycles. The van der Waals surface area contributed by atoms with Gasteiger partial charge in [0.1, 0.15) is 12.3 Å². The number of nitrogens with one attached hydrogen (secondary N) is 1. The van der Waals surface area contributed by atoms with E-state index >= 15 is 0 Å². The lowest BCUT2D eigenvalue weighted by atomic mass is 10.0. The summed E-state index contributed by atoms with van der Waals surface area (Å²) in [5.74, 6) is -0.495. The zero-order valence-electron chi connectivity index (χ0n) is 15.5. The molecular weight excluding hydrogens is 332 g/mol. The van der Waals surface area contributed by atoms with Crippen LogP contribution in [0.5, 0.6) is 0 Å². The molecule has 2 rings (SSSR count). The number of aldehydes is 1. The highest BCUT2D eigenvalue weighted by molar-refractivity contribution is 5.85. The van der Waals surface area contributed by atoms with Gasteiger partial charge in [0.15, 0.2) is 0 Å². The third-order valence-electron chi connectivity index (χ3n) is 4.70. The molecule has 1 amide bonds. The molecule has 1 aliphatic rings. The van der Waals surface area contributed by atoms with Gasteiger partial charge in [-0.1, -0.05) is 30.3 Å². The molecule has 1 heterocycles. The standard InChI is InChI=1S/C20H28N2O4/c1-3-26-20(25)18(12-11-16-8-5-4-6-9-16)21-15(2)19(24)22-13-7-10-17(22)14-23/h4-6,8-9,14-15,17-18,21H,3,7,10-13H2,1-2H3/t15?,17-,18?/m0/s1. The molecule has 142 valence electrons. The Balaban J connectivity index is 1.99. The number of esters is 1. The lowest BCUT2D eigenvalue weighted by Gasteiger charge is -2.27. The molecule has 6 heteroatoms. The Kier molecular flexibility index (Phi) is 7.78. The van der Waals surface area contributed by atoms with Crippen LogP contribution < -0.4 is 5.32 Å². The van der Waals surface area contributed by atoms with E-state index in [1.54, 1.807) is 18.7 Å². The zero-order valence-corrected chi connectivity index (χ0v) is 15.5. The summed E-state index contributed by atoms with van der Waals surface area (Å²) in [5, 5.41) is 3.11. The zero-order chi connectivity index (χ0) is 18.9. The molecular formula is C20H28N2O4. The first-order valence-electron chi connectivity index (χ1n) is 9.29. The van der Waals surface area contributed by atoms with E-state index < -0.39 is 12.1 Å². The van der Waals surface area contributed by atoms with Crippen LogP contribution in [0.2, 0.25) is 0 Å². The van der Waals surface area contributed by atoms with Crippen molar-refractivity contribution in [3.8, 4) is 0 Å². The number of aryl methyl sites for hydroxylation is 1. The van der Waals surface area contributed by atoms with E-state index in [-0.39, 0.29) is 17.9 Å². The van der Waals surface area contributed by atoms with Gasteiger partial charge in [-0.3, -0.25) is 14.9 Å². The highest BCUT2D eigenvalue weighted by Gasteiger charge is 2.33. The maximum Gasteiger partial charge on any atom is 0.323 e. The minimum absolute atomic E-state index is 0.145. The quantitative estimate of drug-likeness (QED) is 0.536. The highest BCUT2D eigenvalue weighted by Crippen LogP contribution is 2.17. The van der Waals surface area contributed by atoms with Crippen molar-refractivity contribution < 1.29 is 19.1 Å². The number of hydrogen-bond acceptors (Lipinski definition) is 5. The van der Waals surface area contributed by atoms with Gasteiger partial charge in [0.05, 0.1) is 18.7 Å². The molecule has 6 nitrogen and oxygen atoms in total. The van der Waals surface area contributed by atoms with Gasteiger partial charge < -0.3 is 14.4 Å². The molecule has 1 aliphatic heterocycles. The van der Waals surface area contributed by atoms with Gasteiger partial charge in [-0.2, -0.15) is 0 Å². The van der Waals surface area contributed by atoms with Crippen LogP contribution in [0.1, 0.15) is 38.7 Å². The molecule has 3 atom stereocenters. The van der Waals surface area contributed by atoms with E-state index in [0.29, 0.717) is 32.4 Å². The molecule has 1 saturated heterocycles. The van der Waals surface area contributed by atoms with Crippen molar-refractivity contribution >= 4 is 18.2 Å². The van der Waals surface area contributed by atoms with Crippen molar-refractivity contribution in [3.63, 3.8) is 0 Å². The van der Waals surface area contributed by atoms with Gasteiger partial charge in [-0.05, 0) is 45.1 Å². The van der Waals surface area contributed by atoms with Crippen LogP contribution in [0.3, 0.4) is 0 Å². The van der Waals surface area contributed by atoms with E-state index in [2.05, 4.69) is 5.32 Å². The van der Waals surface area contributed by atoms with E-state index in [9.17, 15) is 14.4 Å². The highest BCUT2D eigenvalue weighted by atomic mass is 16.5. The molecule has 26 heavy (non-hydrogen) atoms. The van der Waals surface area contributed by atoms with Crippen molar-refractivity contribution in [1.29, 1.82) is 0 Å². The van der Waals surface area contributed by atoms with Crippen LogP contribution in [0, 0.1) is 0 Å². The van der Waals surface area contributed by atoms with Crippen LogP contribution in [-0.4, -0.2) is 54.3 Å². The molecule has 0 aromatic heterocycles. The summed E-state index contributed by atoms with van der Waals surface area (Å²) in [4.78, 5) is 37.7. The van der Waals surface area contributed by atoms with E-state index in [4.69, 9.17) is 4.74 Å². The van der Waals surface area contributed by atoms with Crippen molar-refractivity contribution in [2.45, 2.75) is 57.7 Å². The van der Waals surface area contributed by atoms with Gasteiger partial charge in [0, 0.05) is 6.54 Å². The molecule has 0 bridgehead atoms. The Morgan fingerprint density at radius 2 is 2.08 bits per heavy atom. The van der Waals surface area contributed by atoms with Crippen molar-refractivity contribution in [3.05, 3.63) is 35.9 Å². The first-order valence-corrected chi connectivity index (χ1v) is 9.29. The summed E-state index contributed by atoms with van der Waals surface area (Å²) in [6, 6.07) is 8.42. The van der Waals surface area contributed by atoms with Crippen LogP contribution >= 0.6 is 0 Å². The second-order valence-corrected chi connectivity index (χ2v) is 6.59. The summed E-state index contributed by atoms with van der Waals surface area (Å²) in [6.45, 7) is 4.38. The number of amides is 1. The van der Waals surface area contributed by atoms with E-state index in [1.165, 1.54) is 0 Å². The predicted octanol–water partition coefficient (Wildman–Crippen LogP) is 1.72. The molecule has 0 spiro atoms. The molecule has 1 aromatic carbocycles. The van der Waals surface area contributed by atoms with Gasteiger partial charge in [0.2, 0.25) is 5.91 Å². The van der Waals surface area contributed by atoms with E-state index in [0.717, 1.165) is 18.3 Å². The minimum atomic E-state index is -0.564. The Hall–Kier alpha value is -2.21. The average Bonchev–Trinajstić information content (AvgIpc) is 3.14. The fourth-order valence-electron chi connectivity index (χ4n) is 3.30. The Morgan fingerprint density at radius 1 is 1.35 bits per heavy atom. The van der Waals surface area contributed by atoms with Gasteiger partial charge in [-0.15, -0.1) is 0 Å². The fraction of sp³-hybridized carbons (Fsp3) is 0.550. The summed E-state index contributed by atoms with van der Waals surface area (Å²) >= 11 is 0. The second kappa shape index (κ2) is 10.1. The van der Waals surface area contributed by atoms with Crippen molar-refractivity contribution in [2.75, 3.05) is 13.2 Å². The van der Waals surface area contributed by atoms with Crippen LogP contribution in [-0.2, 0) is 25.5 Å². The number of carbonyl (C=O) groups is 3. The van der Waals surface area contributed by atoms with E-state index in [1.807, 2.05) is 30.3 Å². The van der Waals surface area contributed by atoms with Gasteiger partial charge >= 0.3 is 5.97 Å². The molecule has 0 aliphatic carbocycles. The number of benzene rings is 1. The Bertz CT molecular complexity index is 605. The number of likely N-dealkylation sites (tertiary alicyclic amines) is 1. The van der Waals surface area contributed by atoms with Crippen LogP contribution in [0.15, 0.2) is 30.3 Å². The minimum Gasteiger partial charge on any atom is -0.465 e. The average molecular weight is 360 g/mol. The first-order chi connectivity index (χ1) is 12.6. The van der Waals surface area contributed by atoms with Crippen molar-refractivity contribution in [2.24, 2.45) is 0 Å². The monoisotopic (exact) mass is 360 g/mol. The topological polar surface area (TPSA) is 75.7 Å². The number of nitrogens with zero attached hydrogens (tertiary/aromatic N) is 1. The smallest absolute Gasteiger partial charge is 0.323 e. The van der Waals surface area contributed by atoms with Gasteiger partial charge in [0.25, 0.3) is 0 Å². The maximum atomic E-state index is 12.7. The fourth-order valence-corrected chi connectivity index (χ4v) is 3.30. The normalized spacial score (nSPS) is 19.0. The summed E-state index contributed by atoms with van der Waals surface area (Å²) < 4.78 is 5.16. The third-order valence-corrected chi connectivity index (χ3v) is 4.70. The van der Waals surface area contributed by atoms with Crippen molar-refractivity contribution in [1.82, 2.24) is 10.2 Å². The SMILES string of the molecule is CCOC(=O)C(CCc1ccccc1)NC(C)C(=O)N1CCC[C@H]1C=O. The number of carbonyl (C=O) groups excluding carboxylic acids is 3. The Labute approximate surface area is 154 Å². The molecule has 2 unspecified atom stereocenters. The second-order valence-electron chi connectivity index (χ2n) is 6.59. The third kappa shape index (κ3) is 5.39. The summed E-state index contributed by atoms with van der Waals surface area (Å²) in [7, 11) is 0. The van der Waals surface area contributed by atoms with Crippen LogP contribution in [0.25, 0.3) is 0 Å². The number of hydrogen-bond donors (Lipinski definition) is 1. The lowest BCUT2D eigenvalue weighted by molar-refractivity contribution is -0.146. The number of rotatable bonds is 9. The largest absolute Gasteiger partial charge is 0.465 e.